The van der Waals surface area contributed by atoms with Crippen molar-refractivity contribution in [3.05, 3.63) is 23.8 Å². The third-order valence-electron chi connectivity index (χ3n) is 2.71. The van der Waals surface area contributed by atoms with E-state index in [2.05, 4.69) is 16.6 Å². The molecule has 0 saturated heterocycles. The number of methoxy groups -OCH3 is 2. The first-order chi connectivity index (χ1) is 9.71. The van der Waals surface area contributed by atoms with E-state index >= 15 is 0 Å². The number of hydrogen-bond acceptors (Lipinski definition) is 4. The molecule has 5 nitrogen and oxygen atoms in total. The van der Waals surface area contributed by atoms with E-state index in [1.165, 1.54) is 0 Å². The molecule has 0 bridgehead atoms. The van der Waals surface area contributed by atoms with Crippen LogP contribution in [-0.4, -0.2) is 38.7 Å². The molecular weight excluding hydrogens is 274 g/mol. The molecule has 3 N–H and O–H groups in total. The summed E-state index contributed by atoms with van der Waals surface area (Å²) in [6.07, 6.45) is 3.17. The number of nitrogens with two attached hydrogens (primary N) is 1. The molecule has 0 amide bonds. The molecule has 1 aromatic carbocycles. The van der Waals surface area contributed by atoms with Gasteiger partial charge in [0.2, 0.25) is 0 Å². The first kappa shape index (κ1) is 16.5. The first-order valence-corrected chi connectivity index (χ1v) is 7.84. The number of benzene rings is 1. The lowest BCUT2D eigenvalue weighted by Crippen LogP contribution is -2.32. The van der Waals surface area contributed by atoms with Crippen molar-refractivity contribution in [2.75, 3.05) is 32.8 Å². The molecule has 0 unspecified atom stereocenters. The summed E-state index contributed by atoms with van der Waals surface area (Å²) in [6.45, 7) is 1.36. The van der Waals surface area contributed by atoms with Crippen LogP contribution < -0.4 is 20.5 Å². The third-order valence-corrected chi connectivity index (χ3v) is 3.41. The normalized spacial score (nSPS) is 11.2. The monoisotopic (exact) mass is 297 g/mol. The summed E-state index contributed by atoms with van der Waals surface area (Å²) in [7, 11) is 3.23. The molecule has 0 aliphatic heterocycles. The highest BCUT2D eigenvalue weighted by Gasteiger charge is 2.04. The van der Waals surface area contributed by atoms with Crippen molar-refractivity contribution in [2.45, 2.75) is 13.0 Å². The molecule has 0 aliphatic carbocycles. The van der Waals surface area contributed by atoms with Gasteiger partial charge in [0.1, 0.15) is 0 Å². The molecule has 1 rings (SSSR count). The number of hydrogen-bond donors (Lipinski definition) is 2. The second-order valence-corrected chi connectivity index (χ2v) is 5.15. The highest BCUT2D eigenvalue weighted by Crippen LogP contribution is 2.27. The van der Waals surface area contributed by atoms with Crippen LogP contribution in [0.1, 0.15) is 12.0 Å². The quantitative estimate of drug-likeness (QED) is 0.435. The summed E-state index contributed by atoms with van der Waals surface area (Å²) in [6, 6.07) is 5.72. The molecule has 6 heteroatoms. The number of nitrogens with one attached hydrogen (secondary N) is 1. The number of nitrogens with zero attached hydrogens (tertiary/aromatic N) is 1. The van der Waals surface area contributed by atoms with Crippen molar-refractivity contribution in [1.82, 2.24) is 5.32 Å². The summed E-state index contributed by atoms with van der Waals surface area (Å²) in [5.74, 6) is 3.01. The van der Waals surface area contributed by atoms with Gasteiger partial charge >= 0.3 is 0 Å². The fourth-order valence-electron chi connectivity index (χ4n) is 1.64. The van der Waals surface area contributed by atoms with E-state index in [1.807, 2.05) is 30.0 Å². The largest absolute Gasteiger partial charge is 0.493 e. The second kappa shape index (κ2) is 9.36. The maximum absolute atomic E-state index is 5.81. The van der Waals surface area contributed by atoms with Gasteiger partial charge in [0.05, 0.1) is 20.8 Å². The van der Waals surface area contributed by atoms with E-state index in [0.29, 0.717) is 24.0 Å². The molecule has 0 radical (unpaired) electrons. The fraction of sp³-hybridized carbons (Fsp3) is 0.500. The molecule has 0 aliphatic rings. The molecule has 0 spiro atoms. The minimum Gasteiger partial charge on any atom is -0.493 e. The first-order valence-electron chi connectivity index (χ1n) is 6.45. The lowest BCUT2D eigenvalue weighted by molar-refractivity contribution is 0.354. The van der Waals surface area contributed by atoms with Crippen molar-refractivity contribution in [3.63, 3.8) is 0 Å². The summed E-state index contributed by atoms with van der Waals surface area (Å²) in [5, 5.41) is 3.10. The Morgan fingerprint density at radius 3 is 2.70 bits per heavy atom. The summed E-state index contributed by atoms with van der Waals surface area (Å²) >= 11 is 1.82. The number of ether oxygens (including phenoxy) is 2. The average molecular weight is 297 g/mol. The van der Waals surface area contributed by atoms with Crippen molar-refractivity contribution in [1.29, 1.82) is 0 Å². The van der Waals surface area contributed by atoms with Crippen LogP contribution in [0.4, 0.5) is 0 Å². The van der Waals surface area contributed by atoms with E-state index in [4.69, 9.17) is 15.2 Å². The number of rotatable bonds is 8. The van der Waals surface area contributed by atoms with Crippen LogP contribution in [0, 0.1) is 0 Å². The number of thioether (sulfide) groups is 1. The molecule has 0 atom stereocenters. The molecule has 20 heavy (non-hydrogen) atoms. The summed E-state index contributed by atoms with van der Waals surface area (Å²) < 4.78 is 10.4. The van der Waals surface area contributed by atoms with Gasteiger partial charge in [0.15, 0.2) is 17.5 Å². The zero-order valence-electron chi connectivity index (χ0n) is 12.3. The highest BCUT2D eigenvalue weighted by molar-refractivity contribution is 7.98. The van der Waals surface area contributed by atoms with E-state index < -0.39 is 0 Å². The van der Waals surface area contributed by atoms with Gasteiger partial charge in [-0.1, -0.05) is 6.07 Å². The fourth-order valence-corrected chi connectivity index (χ4v) is 2.08. The Kier molecular flexibility index (Phi) is 7.72. The lowest BCUT2D eigenvalue weighted by Gasteiger charge is -2.09. The van der Waals surface area contributed by atoms with Gasteiger partial charge in [-0.25, -0.2) is 4.99 Å². The van der Waals surface area contributed by atoms with Gasteiger partial charge in [0.25, 0.3) is 0 Å². The van der Waals surface area contributed by atoms with Crippen LogP contribution in [0.2, 0.25) is 0 Å². The van der Waals surface area contributed by atoms with Gasteiger partial charge in [-0.3, -0.25) is 0 Å². The van der Waals surface area contributed by atoms with Crippen LogP contribution in [0.25, 0.3) is 0 Å². The minimum absolute atomic E-state index is 0.473. The molecule has 0 heterocycles. The van der Waals surface area contributed by atoms with Crippen molar-refractivity contribution < 1.29 is 9.47 Å². The Labute approximate surface area is 124 Å². The molecule has 1 aromatic rings. The van der Waals surface area contributed by atoms with E-state index in [1.54, 1.807) is 14.2 Å². The molecule has 0 aromatic heterocycles. The zero-order valence-corrected chi connectivity index (χ0v) is 13.1. The molecule has 112 valence electrons. The van der Waals surface area contributed by atoms with Crippen molar-refractivity contribution in [3.8, 4) is 11.5 Å². The van der Waals surface area contributed by atoms with Gasteiger partial charge in [-0.05, 0) is 36.1 Å². The Bertz CT molecular complexity index is 438. The predicted octanol–water partition coefficient (Wildman–Crippen LogP) is 1.86. The van der Waals surface area contributed by atoms with Crippen LogP contribution in [0.15, 0.2) is 23.2 Å². The van der Waals surface area contributed by atoms with Crippen molar-refractivity contribution in [2.24, 2.45) is 10.7 Å². The van der Waals surface area contributed by atoms with Gasteiger partial charge < -0.3 is 20.5 Å². The Morgan fingerprint density at radius 2 is 2.05 bits per heavy atom. The maximum atomic E-state index is 5.81. The van der Waals surface area contributed by atoms with E-state index in [-0.39, 0.29) is 0 Å². The maximum Gasteiger partial charge on any atom is 0.188 e. The smallest absolute Gasteiger partial charge is 0.188 e. The van der Waals surface area contributed by atoms with E-state index in [0.717, 1.165) is 24.3 Å². The minimum atomic E-state index is 0.473. The van der Waals surface area contributed by atoms with E-state index in [9.17, 15) is 0 Å². The molecular formula is C14H23N3O2S. The Morgan fingerprint density at radius 1 is 1.30 bits per heavy atom. The van der Waals surface area contributed by atoms with Gasteiger partial charge in [0, 0.05) is 6.54 Å². The van der Waals surface area contributed by atoms with Gasteiger partial charge in [-0.15, -0.1) is 0 Å². The Hall–Kier alpha value is -1.56. The predicted molar refractivity (Wildman–Crippen MR) is 85.9 cm³/mol. The number of guanidine groups is 1. The van der Waals surface area contributed by atoms with Crippen LogP contribution >= 0.6 is 11.8 Å². The highest BCUT2D eigenvalue weighted by atomic mass is 32.2. The van der Waals surface area contributed by atoms with Crippen LogP contribution in [0.3, 0.4) is 0 Å². The average Bonchev–Trinajstić information content (AvgIpc) is 2.49. The zero-order chi connectivity index (χ0) is 14.8. The van der Waals surface area contributed by atoms with Crippen molar-refractivity contribution >= 4 is 17.7 Å². The van der Waals surface area contributed by atoms with Gasteiger partial charge in [-0.2, -0.15) is 11.8 Å². The number of aliphatic imine (C=N–C) groups is 1. The van der Waals surface area contributed by atoms with Crippen LogP contribution in [-0.2, 0) is 6.54 Å². The van der Waals surface area contributed by atoms with Crippen LogP contribution in [0.5, 0.6) is 11.5 Å². The topological polar surface area (TPSA) is 68.9 Å². The standard InChI is InChI=1S/C14H23N3O2S/c1-18-12-6-5-11(9-13(12)19-2)10-17-14(15)16-7-4-8-20-3/h5-6,9H,4,7-8,10H2,1-3H3,(H3,15,16,17). The third kappa shape index (κ3) is 5.61. The second-order valence-electron chi connectivity index (χ2n) is 4.16. The Balaban J connectivity index is 2.51. The lowest BCUT2D eigenvalue weighted by atomic mass is 10.2. The molecule has 0 saturated carbocycles. The SMILES string of the molecule is COc1ccc(CN=C(N)NCCCSC)cc1OC. The summed E-state index contributed by atoms with van der Waals surface area (Å²) in [4.78, 5) is 4.30. The molecule has 0 fully saturated rings. The summed E-state index contributed by atoms with van der Waals surface area (Å²) in [5.41, 5.74) is 6.83.